The Morgan fingerprint density at radius 2 is 1.90 bits per heavy atom. The molecule has 21 heavy (non-hydrogen) atoms. The second kappa shape index (κ2) is 7.75. The third kappa shape index (κ3) is 4.54. The van der Waals surface area contributed by atoms with E-state index in [1.54, 1.807) is 11.3 Å². The standard InChI is InChI=1S/C16H20BrClN2S/c1-3-13(19)16(14-8-9-15(17)21-14)20(2)10-11-4-6-12(18)7-5-11/h4-9,13,16H,3,10,19H2,1-2H3. The van der Waals surface area contributed by atoms with Gasteiger partial charge in [-0.1, -0.05) is 30.7 Å². The van der Waals surface area contributed by atoms with Crippen molar-refractivity contribution >= 4 is 38.9 Å². The van der Waals surface area contributed by atoms with Crippen molar-refractivity contribution in [2.24, 2.45) is 5.73 Å². The zero-order valence-electron chi connectivity index (χ0n) is 12.2. The Morgan fingerprint density at radius 1 is 1.24 bits per heavy atom. The summed E-state index contributed by atoms with van der Waals surface area (Å²) in [6, 6.07) is 12.6. The highest BCUT2D eigenvalue weighted by molar-refractivity contribution is 9.11. The molecule has 0 saturated carbocycles. The molecular weight excluding hydrogens is 368 g/mol. The van der Waals surface area contributed by atoms with E-state index in [4.69, 9.17) is 17.3 Å². The first-order chi connectivity index (χ1) is 10.0. The smallest absolute Gasteiger partial charge is 0.0702 e. The summed E-state index contributed by atoms with van der Waals surface area (Å²) in [5.74, 6) is 0. The third-order valence-corrected chi connectivity index (χ3v) is 5.53. The second-order valence-electron chi connectivity index (χ2n) is 5.20. The van der Waals surface area contributed by atoms with Crippen LogP contribution in [-0.2, 0) is 6.54 Å². The van der Waals surface area contributed by atoms with Gasteiger partial charge in [-0.3, -0.25) is 4.90 Å². The molecule has 0 spiro atoms. The molecule has 1 heterocycles. The van der Waals surface area contributed by atoms with Gasteiger partial charge in [-0.25, -0.2) is 0 Å². The van der Waals surface area contributed by atoms with Crippen LogP contribution in [0.3, 0.4) is 0 Å². The lowest BCUT2D eigenvalue weighted by Crippen LogP contribution is -2.38. The van der Waals surface area contributed by atoms with E-state index in [-0.39, 0.29) is 12.1 Å². The maximum atomic E-state index is 6.37. The van der Waals surface area contributed by atoms with Crippen molar-refractivity contribution in [3.63, 3.8) is 0 Å². The number of likely N-dealkylation sites (N-methyl/N-ethyl adjacent to an activating group) is 1. The molecule has 0 radical (unpaired) electrons. The average molecular weight is 388 g/mol. The van der Waals surface area contributed by atoms with Gasteiger partial charge in [-0.15, -0.1) is 11.3 Å². The minimum atomic E-state index is 0.118. The molecule has 0 bridgehead atoms. The average Bonchev–Trinajstić information content (AvgIpc) is 2.87. The van der Waals surface area contributed by atoms with E-state index in [2.05, 4.69) is 59.1 Å². The van der Waals surface area contributed by atoms with Gasteiger partial charge in [-0.05, 0) is 59.2 Å². The number of nitrogens with two attached hydrogens (primary N) is 1. The fourth-order valence-corrected chi connectivity index (χ4v) is 4.23. The Labute approximate surface area is 144 Å². The largest absolute Gasteiger partial charge is 0.326 e. The van der Waals surface area contributed by atoms with Crippen LogP contribution in [0, 0.1) is 0 Å². The van der Waals surface area contributed by atoms with Gasteiger partial charge in [0, 0.05) is 22.5 Å². The molecular formula is C16H20BrClN2S. The molecule has 2 rings (SSSR count). The summed E-state index contributed by atoms with van der Waals surface area (Å²) < 4.78 is 1.14. The maximum Gasteiger partial charge on any atom is 0.0702 e. The Morgan fingerprint density at radius 3 is 2.43 bits per heavy atom. The second-order valence-corrected chi connectivity index (χ2v) is 8.13. The van der Waals surface area contributed by atoms with Crippen LogP contribution in [0.4, 0.5) is 0 Å². The summed E-state index contributed by atoms with van der Waals surface area (Å²) in [6.45, 7) is 2.99. The fourth-order valence-electron chi connectivity index (χ4n) is 2.44. The zero-order chi connectivity index (χ0) is 15.4. The Bertz CT molecular complexity index is 570. The van der Waals surface area contributed by atoms with Gasteiger partial charge in [0.2, 0.25) is 0 Å². The molecule has 0 aliphatic rings. The predicted molar refractivity (Wildman–Crippen MR) is 95.9 cm³/mol. The normalized spacial score (nSPS) is 14.4. The Hall–Kier alpha value is -0.390. The van der Waals surface area contributed by atoms with Crippen LogP contribution in [0.1, 0.15) is 29.8 Å². The van der Waals surface area contributed by atoms with E-state index in [0.29, 0.717) is 0 Å². The first-order valence-corrected chi connectivity index (χ1v) is 8.95. The number of hydrogen-bond acceptors (Lipinski definition) is 3. The van der Waals surface area contributed by atoms with Crippen LogP contribution in [0.25, 0.3) is 0 Å². The Kier molecular flexibility index (Phi) is 6.26. The molecule has 0 fully saturated rings. The van der Waals surface area contributed by atoms with E-state index < -0.39 is 0 Å². The first-order valence-electron chi connectivity index (χ1n) is 6.96. The highest BCUT2D eigenvalue weighted by atomic mass is 79.9. The lowest BCUT2D eigenvalue weighted by Gasteiger charge is -2.31. The van der Waals surface area contributed by atoms with Crippen molar-refractivity contribution in [1.29, 1.82) is 0 Å². The van der Waals surface area contributed by atoms with E-state index >= 15 is 0 Å². The van der Waals surface area contributed by atoms with Gasteiger partial charge < -0.3 is 5.73 Å². The van der Waals surface area contributed by atoms with Gasteiger partial charge in [0.15, 0.2) is 0 Å². The zero-order valence-corrected chi connectivity index (χ0v) is 15.4. The molecule has 2 unspecified atom stereocenters. The third-order valence-electron chi connectivity index (χ3n) is 3.58. The molecule has 2 N–H and O–H groups in total. The van der Waals surface area contributed by atoms with Gasteiger partial charge in [0.25, 0.3) is 0 Å². The molecule has 114 valence electrons. The highest BCUT2D eigenvalue weighted by Gasteiger charge is 2.24. The van der Waals surface area contributed by atoms with Crippen molar-refractivity contribution in [2.75, 3.05) is 7.05 Å². The quantitative estimate of drug-likeness (QED) is 0.749. The van der Waals surface area contributed by atoms with Crippen molar-refractivity contribution in [2.45, 2.75) is 32.0 Å². The lowest BCUT2D eigenvalue weighted by atomic mass is 10.0. The molecule has 5 heteroatoms. The number of halogens is 2. The Balaban J connectivity index is 2.18. The monoisotopic (exact) mass is 386 g/mol. The van der Waals surface area contributed by atoms with Crippen LogP contribution in [0.2, 0.25) is 5.02 Å². The van der Waals surface area contributed by atoms with Crippen molar-refractivity contribution in [3.05, 3.63) is 55.6 Å². The maximum absolute atomic E-state index is 6.37. The van der Waals surface area contributed by atoms with Crippen LogP contribution in [-0.4, -0.2) is 18.0 Å². The topological polar surface area (TPSA) is 29.3 Å². The number of hydrogen-bond donors (Lipinski definition) is 1. The molecule has 1 aromatic heterocycles. The molecule has 2 nitrogen and oxygen atoms in total. The number of thiophene rings is 1. The van der Waals surface area contributed by atoms with Crippen molar-refractivity contribution in [3.8, 4) is 0 Å². The number of nitrogens with zero attached hydrogens (tertiary/aromatic N) is 1. The summed E-state index contributed by atoms with van der Waals surface area (Å²) in [6.07, 6.45) is 0.950. The van der Waals surface area contributed by atoms with Crippen LogP contribution >= 0.6 is 38.9 Å². The molecule has 1 aromatic carbocycles. The van der Waals surface area contributed by atoms with Crippen molar-refractivity contribution < 1.29 is 0 Å². The van der Waals surface area contributed by atoms with E-state index in [1.807, 2.05) is 12.1 Å². The van der Waals surface area contributed by atoms with Gasteiger partial charge in [0.1, 0.15) is 0 Å². The summed E-state index contributed by atoms with van der Waals surface area (Å²) in [5.41, 5.74) is 7.61. The molecule has 0 amide bonds. The number of rotatable bonds is 6. The fraction of sp³-hybridized carbons (Fsp3) is 0.375. The summed E-state index contributed by atoms with van der Waals surface area (Å²) in [4.78, 5) is 3.61. The molecule has 2 atom stereocenters. The SMILES string of the molecule is CCC(N)C(c1ccc(Br)s1)N(C)Cc1ccc(Cl)cc1. The van der Waals surface area contributed by atoms with E-state index in [9.17, 15) is 0 Å². The molecule has 2 aromatic rings. The molecule has 0 saturated heterocycles. The van der Waals surface area contributed by atoms with E-state index in [0.717, 1.165) is 21.8 Å². The summed E-state index contributed by atoms with van der Waals surface area (Å²) >= 11 is 11.2. The number of benzene rings is 1. The van der Waals surface area contributed by atoms with Gasteiger partial charge in [-0.2, -0.15) is 0 Å². The molecule has 0 aliphatic carbocycles. The van der Waals surface area contributed by atoms with E-state index in [1.165, 1.54) is 10.4 Å². The van der Waals surface area contributed by atoms with Crippen molar-refractivity contribution in [1.82, 2.24) is 4.90 Å². The lowest BCUT2D eigenvalue weighted by molar-refractivity contribution is 0.205. The molecule has 0 aliphatic heterocycles. The van der Waals surface area contributed by atoms with Gasteiger partial charge in [0.05, 0.1) is 9.83 Å². The predicted octanol–water partition coefficient (Wildman–Crippen LogP) is 5.07. The van der Waals surface area contributed by atoms with Gasteiger partial charge >= 0.3 is 0 Å². The van der Waals surface area contributed by atoms with Crippen LogP contribution in [0.15, 0.2) is 40.2 Å². The van der Waals surface area contributed by atoms with Crippen LogP contribution < -0.4 is 5.73 Å². The highest BCUT2D eigenvalue weighted by Crippen LogP contribution is 2.33. The summed E-state index contributed by atoms with van der Waals surface area (Å²) in [5, 5.41) is 0.769. The first kappa shape index (κ1) is 17.0. The minimum absolute atomic E-state index is 0.118. The minimum Gasteiger partial charge on any atom is -0.326 e. The van der Waals surface area contributed by atoms with Crippen LogP contribution in [0.5, 0.6) is 0 Å². The summed E-state index contributed by atoms with van der Waals surface area (Å²) in [7, 11) is 2.13.